The molecule has 148 valence electrons. The summed E-state index contributed by atoms with van der Waals surface area (Å²) >= 11 is 0. The van der Waals surface area contributed by atoms with Crippen molar-refractivity contribution in [3.8, 4) is 0 Å². The maximum Gasteiger partial charge on any atom is 0.132 e. The number of hydrogen-bond donors (Lipinski definition) is 0. The van der Waals surface area contributed by atoms with E-state index in [2.05, 4.69) is 101 Å². The second kappa shape index (κ2) is 10.4. The molecule has 28 heavy (non-hydrogen) atoms. The fourth-order valence-electron chi connectivity index (χ4n) is 3.96. The SMILES string of the molecule is C/C=C(\C)C[Si](CC(CC=C(C)C)C(C)=O)(c1ccccc1)c1ccccc1. The lowest BCUT2D eigenvalue weighted by atomic mass is 10.0. The average molecular weight is 391 g/mol. The van der Waals surface area contributed by atoms with E-state index < -0.39 is 8.07 Å². The Balaban J connectivity index is 2.64. The van der Waals surface area contributed by atoms with Crippen LogP contribution >= 0.6 is 0 Å². The van der Waals surface area contributed by atoms with Crippen LogP contribution in [0.25, 0.3) is 0 Å². The van der Waals surface area contributed by atoms with Crippen LogP contribution < -0.4 is 10.4 Å². The number of hydrogen-bond acceptors (Lipinski definition) is 1. The van der Waals surface area contributed by atoms with Crippen LogP contribution in [-0.4, -0.2) is 13.9 Å². The Kier molecular flexibility index (Phi) is 8.19. The van der Waals surface area contributed by atoms with E-state index >= 15 is 0 Å². The van der Waals surface area contributed by atoms with E-state index in [-0.39, 0.29) is 5.92 Å². The molecule has 0 heterocycles. The van der Waals surface area contributed by atoms with Gasteiger partial charge < -0.3 is 0 Å². The van der Waals surface area contributed by atoms with Gasteiger partial charge >= 0.3 is 0 Å². The molecule has 0 fully saturated rings. The first-order valence-electron chi connectivity index (χ1n) is 10.3. The molecular weight excluding hydrogens is 356 g/mol. The maximum absolute atomic E-state index is 12.6. The molecule has 1 nitrogen and oxygen atoms in total. The molecule has 2 rings (SSSR count). The molecule has 0 aliphatic rings. The number of rotatable bonds is 9. The number of allylic oxidation sites excluding steroid dienone is 4. The predicted octanol–water partition coefficient (Wildman–Crippen LogP) is 5.78. The zero-order chi connectivity index (χ0) is 20.6. The van der Waals surface area contributed by atoms with Crippen molar-refractivity contribution in [3.05, 3.63) is 84.0 Å². The van der Waals surface area contributed by atoms with Crippen molar-refractivity contribution in [1.29, 1.82) is 0 Å². The summed E-state index contributed by atoms with van der Waals surface area (Å²) in [5, 5.41) is 2.84. The highest BCUT2D eigenvalue weighted by Crippen LogP contribution is 2.28. The molecule has 0 saturated carbocycles. The summed E-state index contributed by atoms with van der Waals surface area (Å²) < 4.78 is 0. The summed E-state index contributed by atoms with van der Waals surface area (Å²) in [5.41, 5.74) is 2.69. The molecule has 0 amide bonds. The maximum atomic E-state index is 12.6. The molecule has 0 radical (unpaired) electrons. The summed E-state index contributed by atoms with van der Waals surface area (Å²) in [4.78, 5) is 12.6. The van der Waals surface area contributed by atoms with E-state index in [1.807, 2.05) is 0 Å². The van der Waals surface area contributed by atoms with Gasteiger partial charge in [-0.2, -0.15) is 0 Å². The van der Waals surface area contributed by atoms with Gasteiger partial charge in [0.1, 0.15) is 13.9 Å². The first kappa shape index (κ1) is 22.1. The van der Waals surface area contributed by atoms with E-state index in [0.717, 1.165) is 18.5 Å². The van der Waals surface area contributed by atoms with Gasteiger partial charge in [-0.05, 0) is 53.1 Å². The third-order valence-corrected chi connectivity index (χ3v) is 10.9. The van der Waals surface area contributed by atoms with Gasteiger partial charge in [0.15, 0.2) is 0 Å². The Labute approximate surface area is 172 Å². The van der Waals surface area contributed by atoms with E-state index in [1.165, 1.54) is 21.5 Å². The van der Waals surface area contributed by atoms with Gasteiger partial charge in [-0.1, -0.05) is 94.3 Å². The van der Waals surface area contributed by atoms with Crippen LogP contribution in [-0.2, 0) is 4.79 Å². The molecule has 0 aliphatic carbocycles. The van der Waals surface area contributed by atoms with Crippen molar-refractivity contribution in [2.45, 2.75) is 53.1 Å². The Morgan fingerprint density at radius 3 is 1.79 bits per heavy atom. The molecule has 2 aromatic carbocycles. The highest BCUT2D eigenvalue weighted by Gasteiger charge is 2.40. The van der Waals surface area contributed by atoms with Crippen LogP contribution in [0.2, 0.25) is 12.1 Å². The Morgan fingerprint density at radius 1 is 0.893 bits per heavy atom. The van der Waals surface area contributed by atoms with Crippen LogP contribution in [0.1, 0.15) is 41.0 Å². The number of benzene rings is 2. The molecule has 1 atom stereocenters. The summed E-state index contributed by atoms with van der Waals surface area (Å²) in [6.45, 7) is 10.3. The van der Waals surface area contributed by atoms with Crippen molar-refractivity contribution in [2.75, 3.05) is 0 Å². The lowest BCUT2D eigenvalue weighted by Crippen LogP contribution is -2.59. The van der Waals surface area contributed by atoms with Gasteiger partial charge in [0.2, 0.25) is 0 Å². The molecule has 0 bridgehead atoms. The minimum absolute atomic E-state index is 0.0617. The first-order valence-corrected chi connectivity index (χ1v) is 12.7. The van der Waals surface area contributed by atoms with Crippen molar-refractivity contribution >= 4 is 24.2 Å². The van der Waals surface area contributed by atoms with Crippen LogP contribution in [0.4, 0.5) is 0 Å². The van der Waals surface area contributed by atoms with E-state index in [0.29, 0.717) is 5.78 Å². The third kappa shape index (κ3) is 5.65. The molecule has 0 aromatic heterocycles. The van der Waals surface area contributed by atoms with Crippen molar-refractivity contribution in [2.24, 2.45) is 5.92 Å². The van der Waals surface area contributed by atoms with Gasteiger partial charge in [0, 0.05) is 5.92 Å². The summed E-state index contributed by atoms with van der Waals surface area (Å²) in [5.74, 6) is 0.367. The zero-order valence-corrected chi connectivity index (χ0v) is 19.0. The number of carbonyl (C=O) groups is 1. The van der Waals surface area contributed by atoms with Gasteiger partial charge in [-0.3, -0.25) is 4.79 Å². The topological polar surface area (TPSA) is 17.1 Å². The zero-order valence-electron chi connectivity index (χ0n) is 18.0. The molecule has 2 heteroatoms. The highest BCUT2D eigenvalue weighted by atomic mass is 28.3. The molecular formula is C26H34OSi. The largest absolute Gasteiger partial charge is 0.300 e. The monoisotopic (exact) mass is 390 g/mol. The fraction of sp³-hybridized carbons (Fsp3) is 0.346. The Hall–Kier alpha value is -2.19. The molecule has 0 aliphatic heterocycles. The smallest absolute Gasteiger partial charge is 0.132 e. The summed E-state index contributed by atoms with van der Waals surface area (Å²) in [7, 11) is -2.15. The van der Waals surface area contributed by atoms with Gasteiger partial charge in [-0.25, -0.2) is 0 Å². The van der Waals surface area contributed by atoms with Crippen LogP contribution in [0, 0.1) is 5.92 Å². The van der Waals surface area contributed by atoms with Crippen LogP contribution in [0.5, 0.6) is 0 Å². The minimum Gasteiger partial charge on any atom is -0.300 e. The van der Waals surface area contributed by atoms with Crippen LogP contribution in [0.3, 0.4) is 0 Å². The minimum atomic E-state index is -2.15. The Bertz CT molecular complexity index is 775. The van der Waals surface area contributed by atoms with E-state index in [9.17, 15) is 4.79 Å². The number of carbonyl (C=O) groups excluding carboxylic acids is 1. The number of Topliss-reactive ketones (excluding diaryl/α,β-unsaturated/α-hetero) is 1. The summed E-state index contributed by atoms with van der Waals surface area (Å²) in [6, 6.07) is 23.9. The van der Waals surface area contributed by atoms with E-state index in [4.69, 9.17) is 0 Å². The third-order valence-electron chi connectivity index (χ3n) is 5.71. The first-order chi connectivity index (χ1) is 13.4. The van der Waals surface area contributed by atoms with Gasteiger partial charge in [-0.15, -0.1) is 0 Å². The van der Waals surface area contributed by atoms with Crippen molar-refractivity contribution < 1.29 is 4.79 Å². The molecule has 0 spiro atoms. The van der Waals surface area contributed by atoms with Gasteiger partial charge in [0.05, 0.1) is 0 Å². The lowest BCUT2D eigenvalue weighted by Gasteiger charge is -2.36. The fourth-order valence-corrected chi connectivity index (χ4v) is 9.43. The second-order valence-electron chi connectivity index (χ2n) is 8.15. The van der Waals surface area contributed by atoms with E-state index in [1.54, 1.807) is 6.92 Å². The van der Waals surface area contributed by atoms with Crippen molar-refractivity contribution in [1.82, 2.24) is 0 Å². The predicted molar refractivity (Wildman–Crippen MR) is 125 cm³/mol. The molecule has 0 N–H and O–H groups in total. The van der Waals surface area contributed by atoms with Gasteiger partial charge in [0.25, 0.3) is 0 Å². The molecule has 2 aromatic rings. The molecule has 1 unspecified atom stereocenters. The Morgan fingerprint density at radius 2 is 1.39 bits per heavy atom. The van der Waals surface area contributed by atoms with Crippen LogP contribution in [0.15, 0.2) is 84.0 Å². The average Bonchev–Trinajstić information content (AvgIpc) is 2.71. The second-order valence-corrected chi connectivity index (χ2v) is 12.2. The number of ketones is 1. The standard InChI is InChI=1S/C26H34OSi/c1-6-22(4)19-28(25-13-9-7-10-14-25,26-15-11-8-12-16-26)20-24(23(5)27)18-17-21(2)3/h6-17,24H,18-20H2,1-5H3/b22-6+. The summed E-state index contributed by atoms with van der Waals surface area (Å²) in [6.07, 6.45) is 5.29. The molecule has 0 saturated heterocycles. The van der Waals surface area contributed by atoms with Crippen molar-refractivity contribution in [3.63, 3.8) is 0 Å². The normalized spacial score (nSPS) is 13.1. The lowest BCUT2D eigenvalue weighted by molar-refractivity contribution is -0.120. The highest BCUT2D eigenvalue weighted by molar-refractivity contribution is 7.02. The quantitative estimate of drug-likeness (QED) is 0.392.